The standard InChI is InChI=1S/C15H15ClN2O3S2/c16-12-5-1-2-6-13(12)17-15(19)14-9-11(10-22-14)23(20,21)18-7-3-4-8-18/h1-2,5-6,9-10H,3-4,7-8H2,(H,17,19). The van der Waals surface area contributed by atoms with Crippen LogP contribution in [-0.2, 0) is 10.0 Å². The van der Waals surface area contributed by atoms with Crippen LogP contribution in [-0.4, -0.2) is 31.7 Å². The number of thiophene rings is 1. The van der Waals surface area contributed by atoms with Crippen molar-refractivity contribution in [1.82, 2.24) is 4.31 Å². The molecule has 1 aromatic heterocycles. The summed E-state index contributed by atoms with van der Waals surface area (Å²) in [5, 5.41) is 4.63. The molecule has 0 unspecified atom stereocenters. The molecule has 23 heavy (non-hydrogen) atoms. The number of nitrogens with one attached hydrogen (secondary N) is 1. The smallest absolute Gasteiger partial charge is 0.265 e. The Balaban J connectivity index is 1.79. The number of carbonyl (C=O) groups excluding carboxylic acids is 1. The van der Waals surface area contributed by atoms with Crippen molar-refractivity contribution < 1.29 is 13.2 Å². The molecule has 1 aromatic carbocycles. The number of carbonyl (C=O) groups is 1. The largest absolute Gasteiger partial charge is 0.320 e. The zero-order valence-corrected chi connectivity index (χ0v) is 14.5. The van der Waals surface area contributed by atoms with Crippen molar-refractivity contribution in [3.63, 3.8) is 0 Å². The van der Waals surface area contributed by atoms with Crippen LogP contribution in [0.5, 0.6) is 0 Å². The molecule has 0 spiro atoms. The minimum atomic E-state index is -3.49. The van der Waals surface area contributed by atoms with Crippen molar-refractivity contribution in [2.75, 3.05) is 18.4 Å². The van der Waals surface area contributed by atoms with E-state index in [1.807, 2.05) is 0 Å². The third-order valence-corrected chi connectivity index (χ3v) is 6.91. The van der Waals surface area contributed by atoms with Gasteiger partial charge in [-0.05, 0) is 31.0 Å². The van der Waals surface area contributed by atoms with Gasteiger partial charge in [-0.1, -0.05) is 23.7 Å². The maximum Gasteiger partial charge on any atom is 0.265 e. The minimum Gasteiger partial charge on any atom is -0.320 e. The lowest BCUT2D eigenvalue weighted by Gasteiger charge is -2.13. The molecule has 1 aliphatic rings. The molecule has 2 aromatic rings. The first-order valence-electron chi connectivity index (χ1n) is 7.13. The minimum absolute atomic E-state index is 0.175. The highest BCUT2D eigenvalue weighted by atomic mass is 35.5. The van der Waals surface area contributed by atoms with Crippen LogP contribution in [0.25, 0.3) is 0 Å². The van der Waals surface area contributed by atoms with E-state index in [2.05, 4.69) is 5.32 Å². The van der Waals surface area contributed by atoms with Gasteiger partial charge in [-0.2, -0.15) is 4.31 Å². The summed E-state index contributed by atoms with van der Waals surface area (Å²) >= 11 is 7.11. The van der Waals surface area contributed by atoms with Crippen LogP contribution in [0.4, 0.5) is 5.69 Å². The molecule has 0 aliphatic carbocycles. The van der Waals surface area contributed by atoms with Crippen molar-refractivity contribution in [1.29, 1.82) is 0 Å². The average Bonchev–Trinajstić information content (AvgIpc) is 3.21. The molecule has 1 amide bonds. The molecule has 8 heteroatoms. The normalized spacial score (nSPS) is 15.7. The summed E-state index contributed by atoms with van der Waals surface area (Å²) in [7, 11) is -3.49. The summed E-state index contributed by atoms with van der Waals surface area (Å²) in [5.74, 6) is -0.369. The van der Waals surface area contributed by atoms with E-state index in [0.29, 0.717) is 28.7 Å². The Hall–Kier alpha value is -1.41. The van der Waals surface area contributed by atoms with Crippen molar-refractivity contribution in [2.45, 2.75) is 17.7 Å². The van der Waals surface area contributed by atoms with Gasteiger partial charge in [0.2, 0.25) is 10.0 Å². The summed E-state index contributed by atoms with van der Waals surface area (Å²) in [5.41, 5.74) is 0.497. The van der Waals surface area contributed by atoms with Gasteiger partial charge in [-0.3, -0.25) is 4.79 Å². The number of nitrogens with zero attached hydrogens (tertiary/aromatic N) is 1. The molecule has 1 fully saturated rings. The van der Waals surface area contributed by atoms with Gasteiger partial charge in [-0.25, -0.2) is 8.42 Å². The van der Waals surface area contributed by atoms with E-state index in [4.69, 9.17) is 11.6 Å². The van der Waals surface area contributed by atoms with Crippen molar-refractivity contribution >= 4 is 44.6 Å². The van der Waals surface area contributed by atoms with Gasteiger partial charge in [0.1, 0.15) is 0 Å². The Bertz CT molecular complexity index is 827. The number of halogens is 1. The molecule has 0 radical (unpaired) electrons. The molecular formula is C15H15ClN2O3S2. The summed E-state index contributed by atoms with van der Waals surface area (Å²) in [6.45, 7) is 1.08. The lowest BCUT2D eigenvalue weighted by Crippen LogP contribution is -2.27. The van der Waals surface area contributed by atoms with Gasteiger partial charge in [0.15, 0.2) is 0 Å². The molecule has 0 atom stereocenters. The number of rotatable bonds is 4. The zero-order valence-electron chi connectivity index (χ0n) is 12.2. The van der Waals surface area contributed by atoms with Crippen LogP contribution in [0.15, 0.2) is 40.6 Å². The predicted octanol–water partition coefficient (Wildman–Crippen LogP) is 3.44. The lowest BCUT2D eigenvalue weighted by molar-refractivity contribution is 0.103. The molecule has 122 valence electrons. The zero-order chi connectivity index (χ0) is 16.4. The van der Waals surface area contributed by atoms with Crippen LogP contribution in [0.1, 0.15) is 22.5 Å². The SMILES string of the molecule is O=C(Nc1ccccc1Cl)c1cc(S(=O)(=O)N2CCCC2)cs1. The number of amides is 1. The highest BCUT2D eigenvalue weighted by Crippen LogP contribution is 2.27. The summed E-state index contributed by atoms with van der Waals surface area (Å²) in [6, 6.07) is 8.32. The molecular weight excluding hydrogens is 356 g/mol. The number of sulfonamides is 1. The number of hydrogen-bond donors (Lipinski definition) is 1. The topological polar surface area (TPSA) is 66.5 Å². The number of benzene rings is 1. The Morgan fingerprint density at radius 2 is 1.91 bits per heavy atom. The Morgan fingerprint density at radius 3 is 2.61 bits per heavy atom. The summed E-state index contributed by atoms with van der Waals surface area (Å²) in [6.07, 6.45) is 1.76. The molecule has 1 aliphatic heterocycles. The van der Waals surface area contributed by atoms with Crippen molar-refractivity contribution in [3.8, 4) is 0 Å². The van der Waals surface area contributed by atoms with Gasteiger partial charge in [0.05, 0.1) is 20.5 Å². The van der Waals surface area contributed by atoms with Crippen LogP contribution in [0, 0.1) is 0 Å². The first-order valence-corrected chi connectivity index (χ1v) is 9.83. The fourth-order valence-electron chi connectivity index (χ4n) is 2.40. The quantitative estimate of drug-likeness (QED) is 0.896. The van der Waals surface area contributed by atoms with Crippen LogP contribution < -0.4 is 5.32 Å². The van der Waals surface area contributed by atoms with Crippen LogP contribution in [0.3, 0.4) is 0 Å². The fourth-order valence-corrected chi connectivity index (χ4v) is 5.25. The van der Waals surface area contributed by atoms with E-state index >= 15 is 0 Å². The molecule has 5 nitrogen and oxygen atoms in total. The first-order chi connectivity index (χ1) is 11.0. The highest BCUT2D eigenvalue weighted by Gasteiger charge is 2.28. The fraction of sp³-hybridized carbons (Fsp3) is 0.267. The Labute approximate surface area is 143 Å². The maximum atomic E-state index is 12.5. The number of hydrogen-bond acceptors (Lipinski definition) is 4. The second-order valence-corrected chi connectivity index (χ2v) is 8.45. The van der Waals surface area contributed by atoms with Crippen molar-refractivity contribution in [3.05, 3.63) is 45.6 Å². The summed E-state index contributed by atoms with van der Waals surface area (Å²) < 4.78 is 26.4. The molecule has 0 bridgehead atoms. The molecule has 0 saturated carbocycles. The second kappa shape index (κ2) is 6.60. The average molecular weight is 371 g/mol. The number of anilines is 1. The van der Waals surface area contributed by atoms with Crippen LogP contribution >= 0.6 is 22.9 Å². The highest BCUT2D eigenvalue weighted by molar-refractivity contribution is 7.89. The van der Waals surface area contributed by atoms with Gasteiger partial charge in [-0.15, -0.1) is 11.3 Å². The van der Waals surface area contributed by atoms with Crippen LogP contribution in [0.2, 0.25) is 5.02 Å². The second-order valence-electron chi connectivity index (χ2n) is 5.19. The molecule has 3 rings (SSSR count). The Morgan fingerprint density at radius 1 is 1.22 bits per heavy atom. The third-order valence-electron chi connectivity index (χ3n) is 3.62. The third kappa shape index (κ3) is 3.42. The predicted molar refractivity (Wildman–Crippen MR) is 91.7 cm³/mol. The van der Waals surface area contributed by atoms with E-state index in [1.165, 1.54) is 15.8 Å². The van der Waals surface area contributed by atoms with E-state index in [-0.39, 0.29) is 10.8 Å². The molecule has 1 saturated heterocycles. The van der Waals surface area contributed by atoms with E-state index < -0.39 is 10.0 Å². The van der Waals surface area contributed by atoms with Crippen molar-refractivity contribution in [2.24, 2.45) is 0 Å². The molecule has 2 heterocycles. The monoisotopic (exact) mass is 370 g/mol. The first kappa shape index (κ1) is 16.4. The molecule has 1 N–H and O–H groups in total. The van der Waals surface area contributed by atoms with Gasteiger partial charge >= 0.3 is 0 Å². The van der Waals surface area contributed by atoms with E-state index in [9.17, 15) is 13.2 Å². The maximum absolute atomic E-state index is 12.5. The van der Waals surface area contributed by atoms with Gasteiger partial charge in [0, 0.05) is 18.5 Å². The van der Waals surface area contributed by atoms with E-state index in [0.717, 1.165) is 24.2 Å². The summed E-state index contributed by atoms with van der Waals surface area (Å²) in [4.78, 5) is 12.8. The van der Waals surface area contributed by atoms with E-state index in [1.54, 1.807) is 24.3 Å². The number of para-hydroxylation sites is 1. The van der Waals surface area contributed by atoms with Gasteiger partial charge < -0.3 is 5.32 Å². The lowest BCUT2D eigenvalue weighted by atomic mass is 10.3. The van der Waals surface area contributed by atoms with Gasteiger partial charge in [0.25, 0.3) is 5.91 Å². The Kier molecular flexibility index (Phi) is 4.72.